The Morgan fingerprint density at radius 3 is 3.19 bits per heavy atom. The predicted molar refractivity (Wildman–Crippen MR) is 58.0 cm³/mol. The van der Waals surface area contributed by atoms with E-state index in [9.17, 15) is 4.79 Å². The molecule has 0 fully saturated rings. The number of aromatic nitrogens is 1. The van der Waals surface area contributed by atoms with Gasteiger partial charge in [-0.1, -0.05) is 0 Å². The van der Waals surface area contributed by atoms with Gasteiger partial charge in [0, 0.05) is 12.1 Å². The SMILES string of the molecule is CC(O)CNC(=O)c1ccc2ocnc2c1. The molecule has 1 atom stereocenters. The first-order chi connectivity index (χ1) is 7.66. The Balaban J connectivity index is 2.16. The fraction of sp³-hybridized carbons (Fsp3) is 0.273. The third kappa shape index (κ3) is 2.20. The van der Waals surface area contributed by atoms with Gasteiger partial charge >= 0.3 is 0 Å². The number of aliphatic hydroxyl groups is 1. The maximum absolute atomic E-state index is 11.6. The van der Waals surface area contributed by atoms with Gasteiger partial charge in [-0.05, 0) is 25.1 Å². The zero-order valence-electron chi connectivity index (χ0n) is 8.80. The summed E-state index contributed by atoms with van der Waals surface area (Å²) in [6.07, 6.45) is 0.780. The number of carbonyl (C=O) groups is 1. The lowest BCUT2D eigenvalue weighted by atomic mass is 10.2. The fourth-order valence-electron chi connectivity index (χ4n) is 1.34. The van der Waals surface area contributed by atoms with Gasteiger partial charge in [-0.25, -0.2) is 4.98 Å². The van der Waals surface area contributed by atoms with E-state index >= 15 is 0 Å². The van der Waals surface area contributed by atoms with E-state index in [0.717, 1.165) is 0 Å². The number of rotatable bonds is 3. The molecule has 5 heteroatoms. The van der Waals surface area contributed by atoms with E-state index in [1.165, 1.54) is 6.39 Å². The first-order valence-corrected chi connectivity index (χ1v) is 4.96. The lowest BCUT2D eigenvalue weighted by Crippen LogP contribution is -2.30. The van der Waals surface area contributed by atoms with Crippen molar-refractivity contribution in [3.8, 4) is 0 Å². The molecule has 16 heavy (non-hydrogen) atoms. The van der Waals surface area contributed by atoms with Crippen LogP contribution in [-0.2, 0) is 0 Å². The fourth-order valence-corrected chi connectivity index (χ4v) is 1.34. The Hall–Kier alpha value is -1.88. The molecule has 0 saturated heterocycles. The van der Waals surface area contributed by atoms with Crippen molar-refractivity contribution in [1.82, 2.24) is 10.3 Å². The van der Waals surface area contributed by atoms with Gasteiger partial charge < -0.3 is 14.8 Å². The summed E-state index contributed by atoms with van der Waals surface area (Å²) in [7, 11) is 0. The number of aliphatic hydroxyl groups excluding tert-OH is 1. The van der Waals surface area contributed by atoms with Gasteiger partial charge in [-0.3, -0.25) is 4.79 Å². The van der Waals surface area contributed by atoms with E-state index in [1.54, 1.807) is 25.1 Å². The number of hydrogen-bond donors (Lipinski definition) is 2. The Morgan fingerprint density at radius 1 is 1.62 bits per heavy atom. The molecule has 0 aliphatic carbocycles. The Morgan fingerprint density at radius 2 is 2.44 bits per heavy atom. The zero-order valence-corrected chi connectivity index (χ0v) is 8.80. The number of benzene rings is 1. The highest BCUT2D eigenvalue weighted by Crippen LogP contribution is 2.13. The quantitative estimate of drug-likeness (QED) is 0.807. The average Bonchev–Trinajstić information content (AvgIpc) is 2.72. The van der Waals surface area contributed by atoms with Gasteiger partial charge in [-0.2, -0.15) is 0 Å². The second-order valence-electron chi connectivity index (χ2n) is 3.59. The van der Waals surface area contributed by atoms with Gasteiger partial charge in [0.1, 0.15) is 5.52 Å². The van der Waals surface area contributed by atoms with Crippen molar-refractivity contribution >= 4 is 17.0 Å². The second-order valence-corrected chi connectivity index (χ2v) is 3.59. The molecule has 2 N–H and O–H groups in total. The molecule has 1 aromatic carbocycles. The number of nitrogens with one attached hydrogen (secondary N) is 1. The number of oxazole rings is 1. The first kappa shape index (κ1) is 10.6. The Labute approximate surface area is 92.1 Å². The van der Waals surface area contributed by atoms with Crippen LogP contribution in [0.4, 0.5) is 0 Å². The van der Waals surface area contributed by atoms with E-state index in [4.69, 9.17) is 9.52 Å². The van der Waals surface area contributed by atoms with E-state index in [2.05, 4.69) is 10.3 Å². The second kappa shape index (κ2) is 4.32. The molecule has 0 radical (unpaired) electrons. The molecule has 5 nitrogen and oxygen atoms in total. The minimum atomic E-state index is -0.556. The van der Waals surface area contributed by atoms with Gasteiger partial charge in [0.25, 0.3) is 5.91 Å². The van der Waals surface area contributed by atoms with Gasteiger partial charge in [0.2, 0.25) is 0 Å². The highest BCUT2D eigenvalue weighted by Gasteiger charge is 2.08. The smallest absolute Gasteiger partial charge is 0.251 e. The number of nitrogens with zero attached hydrogens (tertiary/aromatic N) is 1. The van der Waals surface area contributed by atoms with Gasteiger partial charge in [0.15, 0.2) is 12.0 Å². The molecule has 2 rings (SSSR count). The van der Waals surface area contributed by atoms with Crippen molar-refractivity contribution in [2.45, 2.75) is 13.0 Å². The molecule has 0 saturated carbocycles. The van der Waals surface area contributed by atoms with Crippen LogP contribution in [-0.4, -0.2) is 28.6 Å². The molecule has 2 aromatic rings. The van der Waals surface area contributed by atoms with Crippen LogP contribution in [0.15, 0.2) is 29.0 Å². The number of carbonyl (C=O) groups excluding carboxylic acids is 1. The topological polar surface area (TPSA) is 75.4 Å². The third-order valence-corrected chi connectivity index (χ3v) is 2.15. The summed E-state index contributed by atoms with van der Waals surface area (Å²) in [6.45, 7) is 1.84. The lowest BCUT2D eigenvalue weighted by molar-refractivity contribution is 0.0924. The van der Waals surface area contributed by atoms with Crippen LogP contribution in [0.2, 0.25) is 0 Å². The van der Waals surface area contributed by atoms with Crippen LogP contribution in [0.25, 0.3) is 11.1 Å². The highest BCUT2D eigenvalue weighted by molar-refractivity contribution is 5.97. The van der Waals surface area contributed by atoms with E-state index in [1.807, 2.05) is 0 Å². The number of fused-ring (bicyclic) bond motifs is 1. The van der Waals surface area contributed by atoms with Crippen molar-refractivity contribution in [2.24, 2.45) is 0 Å². The predicted octanol–water partition coefficient (Wildman–Crippen LogP) is 0.938. The van der Waals surface area contributed by atoms with E-state index in [0.29, 0.717) is 16.7 Å². The van der Waals surface area contributed by atoms with E-state index < -0.39 is 6.10 Å². The minimum absolute atomic E-state index is 0.231. The molecular formula is C11H12N2O3. The van der Waals surface area contributed by atoms with Crippen molar-refractivity contribution in [3.63, 3.8) is 0 Å². The van der Waals surface area contributed by atoms with Crippen molar-refractivity contribution in [3.05, 3.63) is 30.2 Å². The van der Waals surface area contributed by atoms with Crippen LogP contribution in [0.3, 0.4) is 0 Å². The largest absolute Gasteiger partial charge is 0.443 e. The molecule has 0 spiro atoms. The molecule has 1 amide bonds. The Kier molecular flexibility index (Phi) is 2.87. The lowest BCUT2D eigenvalue weighted by Gasteiger charge is -2.06. The minimum Gasteiger partial charge on any atom is -0.443 e. The van der Waals surface area contributed by atoms with Crippen LogP contribution in [0, 0.1) is 0 Å². The van der Waals surface area contributed by atoms with E-state index in [-0.39, 0.29) is 12.5 Å². The van der Waals surface area contributed by atoms with Crippen LogP contribution in [0.1, 0.15) is 17.3 Å². The molecule has 0 bridgehead atoms. The molecule has 1 unspecified atom stereocenters. The zero-order chi connectivity index (χ0) is 11.5. The molecule has 1 aromatic heterocycles. The summed E-state index contributed by atoms with van der Waals surface area (Å²) in [5.41, 5.74) is 1.79. The maximum atomic E-state index is 11.6. The molecule has 1 heterocycles. The average molecular weight is 220 g/mol. The van der Waals surface area contributed by atoms with Gasteiger partial charge in [0.05, 0.1) is 6.10 Å². The summed E-state index contributed by atoms with van der Waals surface area (Å²) in [4.78, 5) is 15.6. The van der Waals surface area contributed by atoms with Crippen molar-refractivity contribution in [1.29, 1.82) is 0 Å². The highest BCUT2D eigenvalue weighted by atomic mass is 16.3. The number of hydrogen-bond acceptors (Lipinski definition) is 4. The van der Waals surface area contributed by atoms with Crippen LogP contribution in [0.5, 0.6) is 0 Å². The molecule has 84 valence electrons. The van der Waals surface area contributed by atoms with Crippen LogP contribution < -0.4 is 5.32 Å². The molecule has 0 aliphatic heterocycles. The van der Waals surface area contributed by atoms with Crippen LogP contribution >= 0.6 is 0 Å². The third-order valence-electron chi connectivity index (χ3n) is 2.15. The first-order valence-electron chi connectivity index (χ1n) is 4.96. The normalized spacial score (nSPS) is 12.6. The van der Waals surface area contributed by atoms with Gasteiger partial charge in [-0.15, -0.1) is 0 Å². The Bertz CT molecular complexity index is 505. The summed E-state index contributed by atoms with van der Waals surface area (Å²) in [5.74, 6) is -0.231. The standard InChI is InChI=1S/C11H12N2O3/c1-7(14)5-12-11(15)8-2-3-10-9(4-8)13-6-16-10/h2-4,6-7,14H,5H2,1H3,(H,12,15). The number of amides is 1. The monoisotopic (exact) mass is 220 g/mol. The van der Waals surface area contributed by atoms with Crippen molar-refractivity contribution in [2.75, 3.05) is 6.54 Å². The summed E-state index contributed by atoms with van der Waals surface area (Å²) in [6, 6.07) is 5.00. The summed E-state index contributed by atoms with van der Waals surface area (Å²) >= 11 is 0. The molecule has 0 aliphatic rings. The summed E-state index contributed by atoms with van der Waals surface area (Å²) < 4.78 is 5.07. The summed E-state index contributed by atoms with van der Waals surface area (Å²) in [5, 5.41) is 11.7. The van der Waals surface area contributed by atoms with Crippen molar-refractivity contribution < 1.29 is 14.3 Å². The maximum Gasteiger partial charge on any atom is 0.251 e. The molecular weight excluding hydrogens is 208 g/mol.